The first-order valence-electron chi connectivity index (χ1n) is 4.56. The Balaban J connectivity index is 2.64. The van der Waals surface area contributed by atoms with E-state index in [-0.39, 0.29) is 17.8 Å². The monoisotopic (exact) mass is 208 g/mol. The Morgan fingerprint density at radius 1 is 1.87 bits per heavy atom. The predicted molar refractivity (Wildman–Crippen MR) is 54.6 cm³/mol. The number of hydrogen-bond acceptors (Lipinski definition) is 4. The van der Waals surface area contributed by atoms with Crippen molar-refractivity contribution in [2.75, 3.05) is 5.32 Å². The maximum Gasteiger partial charge on any atom is 0.357 e. The molecule has 5 heteroatoms. The van der Waals surface area contributed by atoms with E-state index in [9.17, 15) is 4.79 Å². The van der Waals surface area contributed by atoms with Gasteiger partial charge in [-0.25, -0.2) is 4.79 Å². The van der Waals surface area contributed by atoms with Gasteiger partial charge in [-0.1, -0.05) is 6.92 Å². The number of anilines is 1. The summed E-state index contributed by atoms with van der Waals surface area (Å²) in [5.74, 6) is 1.41. The Kier molecular flexibility index (Phi) is 3.75. The first kappa shape index (κ1) is 11.1. The topological polar surface area (TPSA) is 75.4 Å². The minimum atomic E-state index is -1.11. The van der Waals surface area contributed by atoms with E-state index >= 15 is 0 Å². The number of carbonyl (C=O) groups is 1. The standard InChI is InChI=1S/C10H12N2O3/c1-3-5-7(4-2)11-10-12-8(6-15-10)9(13)14/h1,6-7H,4-5H2,2H3,(H,11,12)(H,13,14). The fourth-order valence-corrected chi connectivity index (χ4v) is 1.05. The smallest absolute Gasteiger partial charge is 0.357 e. The summed E-state index contributed by atoms with van der Waals surface area (Å²) in [6.07, 6.45) is 7.62. The van der Waals surface area contributed by atoms with Crippen LogP contribution in [0.25, 0.3) is 0 Å². The van der Waals surface area contributed by atoms with E-state index < -0.39 is 5.97 Å². The molecule has 0 fully saturated rings. The Morgan fingerprint density at radius 2 is 2.60 bits per heavy atom. The Bertz CT molecular complexity index is 378. The molecule has 0 bridgehead atoms. The molecule has 5 nitrogen and oxygen atoms in total. The van der Waals surface area contributed by atoms with Crippen LogP contribution in [0.2, 0.25) is 0 Å². The quantitative estimate of drug-likeness (QED) is 0.718. The van der Waals surface area contributed by atoms with Crippen molar-refractivity contribution in [2.45, 2.75) is 25.8 Å². The summed E-state index contributed by atoms with van der Waals surface area (Å²) >= 11 is 0. The lowest BCUT2D eigenvalue weighted by Gasteiger charge is -2.11. The number of nitrogens with zero attached hydrogens (tertiary/aromatic N) is 1. The fraction of sp³-hybridized carbons (Fsp3) is 0.400. The lowest BCUT2D eigenvalue weighted by molar-refractivity contribution is 0.0690. The molecular weight excluding hydrogens is 196 g/mol. The number of carboxylic acid groups (broad SMARTS) is 1. The zero-order valence-electron chi connectivity index (χ0n) is 8.36. The fourth-order valence-electron chi connectivity index (χ4n) is 1.05. The summed E-state index contributed by atoms with van der Waals surface area (Å²) in [6.45, 7) is 1.97. The molecule has 0 saturated heterocycles. The van der Waals surface area contributed by atoms with Crippen molar-refractivity contribution in [2.24, 2.45) is 0 Å². The average Bonchev–Trinajstić information content (AvgIpc) is 2.65. The Morgan fingerprint density at radius 3 is 3.07 bits per heavy atom. The van der Waals surface area contributed by atoms with Gasteiger partial charge in [0.05, 0.1) is 0 Å². The van der Waals surface area contributed by atoms with E-state index in [1.54, 1.807) is 0 Å². The highest BCUT2D eigenvalue weighted by Crippen LogP contribution is 2.11. The minimum absolute atomic E-state index is 0.0512. The van der Waals surface area contributed by atoms with Crippen molar-refractivity contribution < 1.29 is 14.3 Å². The molecule has 0 saturated carbocycles. The molecule has 0 radical (unpaired) electrons. The van der Waals surface area contributed by atoms with Crippen molar-refractivity contribution >= 4 is 12.0 Å². The first-order valence-corrected chi connectivity index (χ1v) is 4.56. The third-order valence-corrected chi connectivity index (χ3v) is 1.91. The van der Waals surface area contributed by atoms with Crippen molar-refractivity contribution in [3.63, 3.8) is 0 Å². The van der Waals surface area contributed by atoms with Gasteiger partial charge in [0.25, 0.3) is 6.01 Å². The lowest BCUT2D eigenvalue weighted by Crippen LogP contribution is -2.17. The second-order valence-corrected chi connectivity index (χ2v) is 3.00. The lowest BCUT2D eigenvalue weighted by atomic mass is 10.2. The maximum absolute atomic E-state index is 10.5. The molecule has 1 aromatic rings. The summed E-state index contributed by atoms with van der Waals surface area (Å²) in [5, 5.41) is 11.5. The van der Waals surface area contributed by atoms with Crippen LogP contribution in [0.4, 0.5) is 6.01 Å². The van der Waals surface area contributed by atoms with E-state index in [0.29, 0.717) is 6.42 Å². The third kappa shape index (κ3) is 3.02. The van der Waals surface area contributed by atoms with Crippen molar-refractivity contribution in [1.82, 2.24) is 4.98 Å². The van der Waals surface area contributed by atoms with Gasteiger partial charge in [0, 0.05) is 12.5 Å². The van der Waals surface area contributed by atoms with Crippen molar-refractivity contribution in [3.05, 3.63) is 12.0 Å². The van der Waals surface area contributed by atoms with E-state index in [2.05, 4.69) is 16.2 Å². The summed E-state index contributed by atoms with van der Waals surface area (Å²) in [6, 6.07) is 0.241. The molecule has 0 aromatic carbocycles. The van der Waals surface area contributed by atoms with Crippen molar-refractivity contribution in [1.29, 1.82) is 0 Å². The van der Waals surface area contributed by atoms with Crippen LogP contribution >= 0.6 is 0 Å². The summed E-state index contributed by atoms with van der Waals surface area (Å²) < 4.78 is 4.93. The largest absolute Gasteiger partial charge is 0.476 e. The highest BCUT2D eigenvalue weighted by atomic mass is 16.4. The van der Waals surface area contributed by atoms with E-state index in [0.717, 1.165) is 12.7 Å². The molecule has 1 unspecified atom stereocenters. The van der Waals surface area contributed by atoms with Gasteiger partial charge in [0.2, 0.25) is 0 Å². The van der Waals surface area contributed by atoms with E-state index in [4.69, 9.17) is 15.9 Å². The Hall–Kier alpha value is -1.96. The van der Waals surface area contributed by atoms with Crippen LogP contribution in [-0.2, 0) is 0 Å². The zero-order chi connectivity index (χ0) is 11.3. The molecule has 0 amide bonds. The van der Waals surface area contributed by atoms with Crippen LogP contribution in [0.5, 0.6) is 0 Å². The molecular formula is C10H12N2O3. The number of rotatable bonds is 5. The van der Waals surface area contributed by atoms with Gasteiger partial charge >= 0.3 is 5.97 Å². The van der Waals surface area contributed by atoms with Crippen LogP contribution in [0.15, 0.2) is 10.7 Å². The van der Waals surface area contributed by atoms with Crippen LogP contribution in [0.3, 0.4) is 0 Å². The van der Waals surface area contributed by atoms with E-state index in [1.807, 2.05) is 6.92 Å². The number of nitrogens with one attached hydrogen (secondary N) is 1. The Labute approximate surface area is 87.5 Å². The zero-order valence-corrected chi connectivity index (χ0v) is 8.36. The van der Waals surface area contributed by atoms with Gasteiger partial charge in [-0.15, -0.1) is 12.3 Å². The number of aromatic nitrogens is 1. The first-order chi connectivity index (χ1) is 7.17. The molecule has 1 aromatic heterocycles. The highest BCUT2D eigenvalue weighted by Gasteiger charge is 2.12. The summed E-state index contributed by atoms with van der Waals surface area (Å²) in [7, 11) is 0. The highest BCUT2D eigenvalue weighted by molar-refractivity contribution is 5.85. The molecule has 2 N–H and O–H groups in total. The van der Waals surface area contributed by atoms with Gasteiger partial charge < -0.3 is 14.8 Å². The van der Waals surface area contributed by atoms with Crippen LogP contribution in [0.1, 0.15) is 30.3 Å². The van der Waals surface area contributed by atoms with Crippen molar-refractivity contribution in [3.8, 4) is 12.3 Å². The molecule has 1 rings (SSSR count). The van der Waals surface area contributed by atoms with Crippen LogP contribution in [0, 0.1) is 12.3 Å². The number of oxazole rings is 1. The van der Waals surface area contributed by atoms with Crippen LogP contribution in [-0.4, -0.2) is 22.1 Å². The maximum atomic E-state index is 10.5. The summed E-state index contributed by atoms with van der Waals surface area (Å²) in [4.78, 5) is 14.2. The summed E-state index contributed by atoms with van der Waals surface area (Å²) in [5.41, 5.74) is -0.118. The molecule has 80 valence electrons. The average molecular weight is 208 g/mol. The van der Waals surface area contributed by atoms with Gasteiger partial charge in [-0.05, 0) is 6.42 Å². The van der Waals surface area contributed by atoms with Gasteiger partial charge in [-0.3, -0.25) is 0 Å². The number of carboxylic acids is 1. The van der Waals surface area contributed by atoms with E-state index in [1.165, 1.54) is 0 Å². The number of terminal acetylenes is 1. The molecule has 1 atom stereocenters. The van der Waals surface area contributed by atoms with Crippen LogP contribution < -0.4 is 5.32 Å². The van der Waals surface area contributed by atoms with Gasteiger partial charge in [-0.2, -0.15) is 4.98 Å². The number of hydrogen-bond donors (Lipinski definition) is 2. The number of aromatic carboxylic acids is 1. The molecule has 1 heterocycles. The molecule has 15 heavy (non-hydrogen) atoms. The second-order valence-electron chi connectivity index (χ2n) is 3.00. The van der Waals surface area contributed by atoms with Gasteiger partial charge in [0.15, 0.2) is 5.69 Å². The molecule has 0 aliphatic heterocycles. The molecule has 0 aliphatic rings. The predicted octanol–water partition coefficient (Wildman–Crippen LogP) is 1.59. The van der Waals surface area contributed by atoms with Gasteiger partial charge in [0.1, 0.15) is 6.26 Å². The SMILES string of the molecule is C#CCC(CC)Nc1nc(C(=O)O)co1. The molecule has 0 aliphatic carbocycles. The second kappa shape index (κ2) is 5.05. The normalized spacial score (nSPS) is 11.7. The minimum Gasteiger partial charge on any atom is -0.476 e. The molecule has 0 spiro atoms. The third-order valence-electron chi connectivity index (χ3n) is 1.91.